The molecule has 0 atom stereocenters. The van der Waals surface area contributed by atoms with Gasteiger partial charge < -0.3 is 15.2 Å². The van der Waals surface area contributed by atoms with Crippen LogP contribution in [0.15, 0.2) is 93.9 Å². The summed E-state index contributed by atoms with van der Waals surface area (Å²) in [6.07, 6.45) is -1.11. The van der Waals surface area contributed by atoms with Crippen LogP contribution in [0.25, 0.3) is 0 Å². The van der Waals surface area contributed by atoms with Crippen LogP contribution in [0.3, 0.4) is 0 Å². The normalized spacial score (nSPS) is 10.3. The number of anilines is 1. The SMILES string of the molecule is O=C([O-])Cc1cccc(C(=O)c2ccc(Br)cc2)c1NC(=O)Cc1cccc(C(=O)c2ccc(Br)cc2)c1[N+](=O)[O-].[Na+]. The summed E-state index contributed by atoms with van der Waals surface area (Å²) in [5.41, 5.74) is -0.110. The quantitative estimate of drug-likeness (QED) is 0.115. The maximum Gasteiger partial charge on any atom is 1.00 e. The van der Waals surface area contributed by atoms with Gasteiger partial charge >= 0.3 is 29.6 Å². The van der Waals surface area contributed by atoms with E-state index in [0.29, 0.717) is 5.56 Å². The molecule has 1 N–H and O–H groups in total. The van der Waals surface area contributed by atoms with Crippen molar-refractivity contribution in [2.75, 3.05) is 5.32 Å². The molecule has 9 nitrogen and oxygen atoms in total. The van der Waals surface area contributed by atoms with Crippen LogP contribution >= 0.6 is 31.9 Å². The first kappa shape index (κ1) is 33.0. The monoisotopic (exact) mass is 700 g/mol. The Labute approximate surface area is 279 Å². The molecule has 0 unspecified atom stereocenters. The first-order chi connectivity index (χ1) is 19.5. The van der Waals surface area contributed by atoms with Gasteiger partial charge in [-0.15, -0.1) is 0 Å². The van der Waals surface area contributed by atoms with Crippen molar-refractivity contribution in [1.29, 1.82) is 0 Å². The second-order valence-electron chi connectivity index (χ2n) is 8.86. The van der Waals surface area contributed by atoms with Crippen LogP contribution in [0.5, 0.6) is 0 Å². The molecule has 4 rings (SSSR count). The number of benzene rings is 4. The summed E-state index contributed by atoms with van der Waals surface area (Å²) in [7, 11) is 0. The van der Waals surface area contributed by atoms with Crippen molar-refractivity contribution in [3.63, 3.8) is 0 Å². The Morgan fingerprint density at radius 1 is 0.690 bits per heavy atom. The first-order valence-corrected chi connectivity index (χ1v) is 13.6. The van der Waals surface area contributed by atoms with Crippen LogP contribution in [0, 0.1) is 10.1 Å². The van der Waals surface area contributed by atoms with Crippen LogP contribution in [0.4, 0.5) is 11.4 Å². The standard InChI is InChI=1S/C30H20Br2N2O7.Na/c31-21-11-7-17(8-12-21)29(38)23-5-1-3-19(16-26(36)37)27(23)33-25(35)15-20-4-2-6-24(28(20)34(40)41)30(39)18-9-13-22(32)14-10-18;/h1-14H,15-16H2,(H,33,35)(H,36,37);/q;+1/p-1. The zero-order chi connectivity index (χ0) is 29.7. The second kappa shape index (κ2) is 14.6. The van der Waals surface area contributed by atoms with E-state index in [1.54, 1.807) is 36.4 Å². The Hall–Kier alpha value is -3.48. The van der Waals surface area contributed by atoms with E-state index in [4.69, 9.17) is 0 Å². The van der Waals surface area contributed by atoms with Gasteiger partial charge in [0.1, 0.15) is 5.56 Å². The molecule has 0 aromatic heterocycles. The Bertz CT molecular complexity index is 1690. The fraction of sp³-hybridized carbons (Fsp3) is 0.0667. The third-order valence-corrected chi connectivity index (χ3v) is 7.16. The molecule has 0 fully saturated rings. The average Bonchev–Trinajstić information content (AvgIpc) is 2.93. The molecule has 4 aromatic rings. The molecule has 0 spiro atoms. The predicted molar refractivity (Wildman–Crippen MR) is 156 cm³/mol. The largest absolute Gasteiger partial charge is 1.00 e. The molecule has 0 bridgehead atoms. The number of ketones is 2. The summed E-state index contributed by atoms with van der Waals surface area (Å²) in [5.74, 6) is -3.24. The van der Waals surface area contributed by atoms with E-state index in [0.717, 1.165) is 8.95 Å². The molecule has 0 saturated carbocycles. The van der Waals surface area contributed by atoms with Crippen molar-refractivity contribution in [3.8, 4) is 0 Å². The number of halogens is 2. The van der Waals surface area contributed by atoms with E-state index in [9.17, 15) is 34.4 Å². The third-order valence-electron chi connectivity index (χ3n) is 6.11. The fourth-order valence-electron chi connectivity index (χ4n) is 4.24. The molecule has 1 amide bonds. The fourth-order valence-corrected chi connectivity index (χ4v) is 4.77. The molecule has 0 heterocycles. The van der Waals surface area contributed by atoms with E-state index >= 15 is 0 Å². The summed E-state index contributed by atoms with van der Waals surface area (Å²) in [6, 6.07) is 21.3. The summed E-state index contributed by atoms with van der Waals surface area (Å²) in [5, 5.41) is 26.1. The zero-order valence-electron chi connectivity index (χ0n) is 22.1. The topological polar surface area (TPSA) is 147 Å². The van der Waals surface area contributed by atoms with Crippen molar-refractivity contribution in [3.05, 3.63) is 137 Å². The van der Waals surface area contributed by atoms with Crippen LogP contribution in [-0.4, -0.2) is 28.4 Å². The number of nitrogens with one attached hydrogen (secondary N) is 1. The number of amides is 1. The molecule has 0 radical (unpaired) electrons. The number of para-hydroxylation sites is 2. The van der Waals surface area contributed by atoms with Gasteiger partial charge in [-0.3, -0.25) is 24.5 Å². The Kier molecular flexibility index (Phi) is 11.5. The molecule has 0 saturated heterocycles. The predicted octanol–water partition coefficient (Wildman–Crippen LogP) is 2.06. The first-order valence-electron chi connectivity index (χ1n) is 12.0. The number of carbonyl (C=O) groups excluding carboxylic acids is 4. The van der Waals surface area contributed by atoms with Gasteiger partial charge in [0, 0.05) is 43.6 Å². The Morgan fingerprint density at radius 3 is 1.67 bits per heavy atom. The van der Waals surface area contributed by atoms with Crippen molar-refractivity contribution in [1.82, 2.24) is 0 Å². The minimum atomic E-state index is -1.43. The molecule has 4 aromatic carbocycles. The van der Waals surface area contributed by atoms with Gasteiger partial charge in [-0.2, -0.15) is 0 Å². The number of nitro groups is 1. The molecule has 0 aliphatic carbocycles. The number of nitro benzene ring substituents is 1. The summed E-state index contributed by atoms with van der Waals surface area (Å²) in [4.78, 5) is 62.4. The number of hydrogen-bond donors (Lipinski definition) is 1. The smallest absolute Gasteiger partial charge is 0.550 e. The zero-order valence-corrected chi connectivity index (χ0v) is 27.2. The Balaban J connectivity index is 0.00000484. The number of aliphatic carboxylic acids is 1. The van der Waals surface area contributed by atoms with Gasteiger partial charge in [0.05, 0.1) is 17.0 Å². The van der Waals surface area contributed by atoms with E-state index < -0.39 is 46.9 Å². The number of carbonyl (C=O) groups is 4. The number of carboxylic acid groups (broad SMARTS) is 1. The van der Waals surface area contributed by atoms with E-state index in [2.05, 4.69) is 37.2 Å². The summed E-state index contributed by atoms with van der Waals surface area (Å²) >= 11 is 6.58. The van der Waals surface area contributed by atoms with Crippen LogP contribution in [0.1, 0.15) is 43.0 Å². The van der Waals surface area contributed by atoms with Gasteiger partial charge in [-0.25, -0.2) is 0 Å². The van der Waals surface area contributed by atoms with Crippen LogP contribution < -0.4 is 40.0 Å². The summed E-state index contributed by atoms with van der Waals surface area (Å²) in [6.45, 7) is 0. The minimum absolute atomic E-state index is 0. The number of nitrogens with zero attached hydrogens (tertiary/aromatic N) is 1. The van der Waals surface area contributed by atoms with Crippen LogP contribution in [-0.2, 0) is 22.4 Å². The molecule has 0 aliphatic rings. The number of carboxylic acids is 1. The van der Waals surface area contributed by atoms with Gasteiger partial charge in [0.2, 0.25) is 5.91 Å². The average molecular weight is 702 g/mol. The molecular weight excluding hydrogens is 683 g/mol. The molecule has 0 aliphatic heterocycles. The van der Waals surface area contributed by atoms with E-state index in [1.807, 2.05) is 0 Å². The molecule has 206 valence electrons. The Morgan fingerprint density at radius 2 is 1.17 bits per heavy atom. The molecular formula is C30H19Br2N2NaO7. The molecule has 12 heteroatoms. The third kappa shape index (κ3) is 7.87. The van der Waals surface area contributed by atoms with Gasteiger partial charge in [-0.05, 0) is 66.2 Å². The van der Waals surface area contributed by atoms with Crippen molar-refractivity contribution in [2.45, 2.75) is 12.8 Å². The van der Waals surface area contributed by atoms with Gasteiger partial charge in [0.15, 0.2) is 11.6 Å². The molecule has 42 heavy (non-hydrogen) atoms. The van der Waals surface area contributed by atoms with Gasteiger partial charge in [-0.1, -0.05) is 56.1 Å². The second-order valence-corrected chi connectivity index (χ2v) is 10.7. The number of hydrogen-bond acceptors (Lipinski definition) is 7. The minimum Gasteiger partial charge on any atom is -0.550 e. The summed E-state index contributed by atoms with van der Waals surface area (Å²) < 4.78 is 1.47. The maximum atomic E-state index is 13.3. The van der Waals surface area contributed by atoms with Crippen molar-refractivity contribution in [2.24, 2.45) is 0 Å². The van der Waals surface area contributed by atoms with E-state index in [-0.39, 0.29) is 63.1 Å². The van der Waals surface area contributed by atoms with E-state index in [1.165, 1.54) is 48.5 Å². The van der Waals surface area contributed by atoms with Crippen LogP contribution in [0.2, 0.25) is 0 Å². The van der Waals surface area contributed by atoms with Crippen molar-refractivity contribution < 1.29 is 58.8 Å². The maximum absolute atomic E-state index is 13.3. The van der Waals surface area contributed by atoms with Crippen molar-refractivity contribution >= 4 is 66.7 Å². The number of rotatable bonds is 10. The van der Waals surface area contributed by atoms with Gasteiger partial charge in [0.25, 0.3) is 5.69 Å².